The van der Waals surface area contributed by atoms with Crippen molar-refractivity contribution < 1.29 is 14.3 Å². The standard InChI is InChI=1S/C19H27N3O3/c1-14-7-5-6-8-15(14)16(20(2)3)17(23)22-11-9-19(10-12-22)13-21(4)18(24)25-19/h5-8,16H,9-13H2,1-4H3. The summed E-state index contributed by atoms with van der Waals surface area (Å²) >= 11 is 0. The van der Waals surface area contributed by atoms with Gasteiger partial charge in [-0.3, -0.25) is 9.69 Å². The number of hydrogen-bond acceptors (Lipinski definition) is 4. The molecule has 0 aromatic heterocycles. The Labute approximate surface area is 149 Å². The quantitative estimate of drug-likeness (QED) is 0.841. The van der Waals surface area contributed by atoms with Gasteiger partial charge in [0.2, 0.25) is 5.91 Å². The summed E-state index contributed by atoms with van der Waals surface area (Å²) < 4.78 is 5.58. The van der Waals surface area contributed by atoms with Crippen LogP contribution in [0.1, 0.15) is 30.0 Å². The van der Waals surface area contributed by atoms with Crippen LogP contribution >= 0.6 is 0 Å². The van der Waals surface area contributed by atoms with Gasteiger partial charge in [-0.05, 0) is 32.1 Å². The van der Waals surface area contributed by atoms with Gasteiger partial charge in [-0.15, -0.1) is 0 Å². The van der Waals surface area contributed by atoms with Gasteiger partial charge in [-0.1, -0.05) is 24.3 Å². The molecule has 2 fully saturated rings. The molecule has 0 radical (unpaired) electrons. The number of hydrogen-bond donors (Lipinski definition) is 0. The van der Waals surface area contributed by atoms with Crippen LogP contribution in [0.5, 0.6) is 0 Å². The van der Waals surface area contributed by atoms with E-state index in [-0.39, 0.29) is 18.0 Å². The van der Waals surface area contributed by atoms with Gasteiger partial charge in [0.1, 0.15) is 11.6 Å². The highest BCUT2D eigenvalue weighted by molar-refractivity contribution is 5.84. The molecule has 1 aromatic rings. The van der Waals surface area contributed by atoms with Crippen LogP contribution in [0.4, 0.5) is 4.79 Å². The van der Waals surface area contributed by atoms with E-state index < -0.39 is 5.60 Å². The number of aryl methyl sites for hydroxylation is 1. The van der Waals surface area contributed by atoms with E-state index >= 15 is 0 Å². The molecule has 2 aliphatic heterocycles. The second kappa shape index (κ2) is 6.67. The zero-order chi connectivity index (χ0) is 18.2. The van der Waals surface area contributed by atoms with Gasteiger partial charge in [-0.25, -0.2) is 4.79 Å². The molecule has 2 aliphatic rings. The molecule has 25 heavy (non-hydrogen) atoms. The summed E-state index contributed by atoms with van der Waals surface area (Å²) in [6.45, 7) is 3.90. The Morgan fingerprint density at radius 3 is 2.40 bits per heavy atom. The van der Waals surface area contributed by atoms with Crippen molar-refractivity contribution in [2.24, 2.45) is 0 Å². The zero-order valence-electron chi connectivity index (χ0n) is 15.5. The molecule has 0 saturated carbocycles. The topological polar surface area (TPSA) is 53.1 Å². The fourth-order valence-electron chi connectivity index (χ4n) is 3.89. The first kappa shape index (κ1) is 17.7. The largest absolute Gasteiger partial charge is 0.441 e. The Morgan fingerprint density at radius 2 is 1.88 bits per heavy atom. The fourth-order valence-corrected chi connectivity index (χ4v) is 3.89. The third-order valence-corrected chi connectivity index (χ3v) is 5.36. The third-order valence-electron chi connectivity index (χ3n) is 5.36. The molecule has 1 atom stereocenters. The van der Waals surface area contributed by atoms with E-state index in [1.165, 1.54) is 0 Å². The summed E-state index contributed by atoms with van der Waals surface area (Å²) in [5.74, 6) is 0.117. The van der Waals surface area contributed by atoms with Gasteiger partial charge >= 0.3 is 6.09 Å². The van der Waals surface area contributed by atoms with Crippen molar-refractivity contribution >= 4 is 12.0 Å². The van der Waals surface area contributed by atoms with Gasteiger partial charge in [-0.2, -0.15) is 0 Å². The maximum absolute atomic E-state index is 13.2. The minimum atomic E-state index is -0.418. The van der Waals surface area contributed by atoms with E-state index in [4.69, 9.17) is 4.74 Å². The number of piperidine rings is 1. The lowest BCUT2D eigenvalue weighted by Gasteiger charge is -2.39. The highest BCUT2D eigenvalue weighted by Crippen LogP contribution is 2.34. The zero-order valence-corrected chi connectivity index (χ0v) is 15.5. The maximum atomic E-state index is 13.2. The van der Waals surface area contributed by atoms with Crippen LogP contribution in [-0.2, 0) is 9.53 Å². The number of carbonyl (C=O) groups excluding carboxylic acids is 2. The van der Waals surface area contributed by atoms with Crippen LogP contribution in [0.25, 0.3) is 0 Å². The van der Waals surface area contributed by atoms with Crippen LogP contribution in [0.3, 0.4) is 0 Å². The van der Waals surface area contributed by atoms with E-state index in [2.05, 4.69) is 0 Å². The number of amides is 2. The van der Waals surface area contributed by atoms with Gasteiger partial charge < -0.3 is 14.5 Å². The lowest BCUT2D eigenvalue weighted by Crippen LogP contribution is -2.51. The van der Waals surface area contributed by atoms with Gasteiger partial charge in [0.05, 0.1) is 6.54 Å². The fraction of sp³-hybridized carbons (Fsp3) is 0.579. The lowest BCUT2D eigenvalue weighted by molar-refractivity contribution is -0.139. The predicted molar refractivity (Wildman–Crippen MR) is 95.3 cm³/mol. The van der Waals surface area contributed by atoms with Crippen molar-refractivity contribution in [3.05, 3.63) is 35.4 Å². The summed E-state index contributed by atoms with van der Waals surface area (Å²) in [6.07, 6.45) is 1.14. The summed E-state index contributed by atoms with van der Waals surface area (Å²) in [6, 6.07) is 7.75. The molecule has 1 unspecified atom stereocenters. The van der Waals surface area contributed by atoms with Crippen LogP contribution in [0.2, 0.25) is 0 Å². The van der Waals surface area contributed by atoms with Gasteiger partial charge in [0.15, 0.2) is 0 Å². The van der Waals surface area contributed by atoms with E-state index in [0.29, 0.717) is 32.5 Å². The molecular formula is C19H27N3O3. The normalized spacial score (nSPS) is 20.9. The Balaban J connectivity index is 1.73. The van der Waals surface area contributed by atoms with E-state index in [0.717, 1.165) is 11.1 Å². The second-order valence-electron chi connectivity index (χ2n) is 7.46. The number of carbonyl (C=O) groups is 2. The first-order valence-corrected chi connectivity index (χ1v) is 8.78. The van der Waals surface area contributed by atoms with Crippen LogP contribution in [-0.4, -0.2) is 73.1 Å². The molecule has 0 aliphatic carbocycles. The summed E-state index contributed by atoms with van der Waals surface area (Å²) in [5, 5.41) is 0. The Bertz CT molecular complexity index is 666. The van der Waals surface area contributed by atoms with Crippen molar-refractivity contribution in [1.29, 1.82) is 0 Å². The highest BCUT2D eigenvalue weighted by Gasteiger charge is 2.46. The molecule has 6 nitrogen and oxygen atoms in total. The number of nitrogens with zero attached hydrogens (tertiary/aromatic N) is 3. The Hall–Kier alpha value is -2.08. The smallest absolute Gasteiger partial charge is 0.410 e. The van der Waals surface area contributed by atoms with Crippen molar-refractivity contribution in [1.82, 2.24) is 14.7 Å². The second-order valence-corrected chi connectivity index (χ2v) is 7.46. The molecule has 136 valence electrons. The van der Waals surface area contributed by atoms with Crippen LogP contribution in [0, 0.1) is 6.92 Å². The summed E-state index contributed by atoms with van der Waals surface area (Å²) in [4.78, 5) is 30.4. The van der Waals surface area contributed by atoms with Crippen LogP contribution < -0.4 is 0 Å². The Morgan fingerprint density at radius 1 is 1.24 bits per heavy atom. The monoisotopic (exact) mass is 345 g/mol. The minimum absolute atomic E-state index is 0.117. The minimum Gasteiger partial charge on any atom is -0.441 e. The van der Waals surface area contributed by atoms with Crippen molar-refractivity contribution in [3.63, 3.8) is 0 Å². The van der Waals surface area contributed by atoms with Crippen molar-refractivity contribution in [2.75, 3.05) is 40.8 Å². The molecule has 1 aromatic carbocycles. The number of ether oxygens (including phenoxy) is 1. The molecule has 0 N–H and O–H groups in total. The number of likely N-dealkylation sites (tertiary alicyclic amines) is 1. The molecule has 2 heterocycles. The van der Waals surface area contributed by atoms with Gasteiger partial charge in [0.25, 0.3) is 0 Å². The number of benzene rings is 1. The Kier molecular flexibility index (Phi) is 4.73. The first-order valence-electron chi connectivity index (χ1n) is 8.78. The maximum Gasteiger partial charge on any atom is 0.410 e. The molecular weight excluding hydrogens is 318 g/mol. The molecule has 0 bridgehead atoms. The van der Waals surface area contributed by atoms with E-state index in [1.54, 1.807) is 11.9 Å². The summed E-state index contributed by atoms with van der Waals surface area (Å²) in [7, 11) is 5.64. The average molecular weight is 345 g/mol. The highest BCUT2D eigenvalue weighted by atomic mass is 16.6. The molecule has 2 amide bonds. The molecule has 1 spiro atoms. The third kappa shape index (κ3) is 3.35. The van der Waals surface area contributed by atoms with E-state index in [1.807, 2.05) is 55.1 Å². The van der Waals surface area contributed by atoms with Crippen molar-refractivity contribution in [3.8, 4) is 0 Å². The SMILES string of the molecule is Cc1ccccc1C(C(=O)N1CCC2(CC1)CN(C)C(=O)O2)N(C)C. The number of rotatable bonds is 3. The molecule has 2 saturated heterocycles. The van der Waals surface area contributed by atoms with Gasteiger partial charge in [0, 0.05) is 33.0 Å². The van der Waals surface area contributed by atoms with Crippen molar-refractivity contribution in [2.45, 2.75) is 31.4 Å². The molecule has 3 rings (SSSR count). The molecule has 6 heteroatoms. The predicted octanol–water partition coefficient (Wildman–Crippen LogP) is 2.04. The first-order chi connectivity index (χ1) is 11.8. The van der Waals surface area contributed by atoms with Crippen LogP contribution in [0.15, 0.2) is 24.3 Å². The average Bonchev–Trinajstić information content (AvgIpc) is 2.83. The van der Waals surface area contributed by atoms with E-state index in [9.17, 15) is 9.59 Å². The summed E-state index contributed by atoms with van der Waals surface area (Å²) in [5.41, 5.74) is 1.75. The lowest BCUT2D eigenvalue weighted by atomic mass is 9.90. The number of likely N-dealkylation sites (N-methyl/N-ethyl adjacent to an activating group) is 2.